The third-order valence-electron chi connectivity index (χ3n) is 6.67. The predicted octanol–water partition coefficient (Wildman–Crippen LogP) is 4.94. The molecule has 3 aromatic carbocycles. The van der Waals surface area contributed by atoms with E-state index in [-0.39, 0.29) is 11.8 Å². The lowest BCUT2D eigenvalue weighted by molar-refractivity contribution is -0.135. The first kappa shape index (κ1) is 25.0. The molecule has 0 radical (unpaired) electrons. The molecule has 0 unspecified atom stereocenters. The van der Waals surface area contributed by atoms with E-state index in [9.17, 15) is 9.59 Å². The zero-order valence-corrected chi connectivity index (χ0v) is 21.6. The highest BCUT2D eigenvalue weighted by Crippen LogP contribution is 2.47. The Labute approximate surface area is 218 Å². The average molecular weight is 519 g/mol. The normalized spacial score (nSPS) is 14.4. The number of carbonyl (C=O) groups excluding carboxylic acids is 1. The Morgan fingerprint density at radius 1 is 0.763 bits per heavy atom. The van der Waals surface area contributed by atoms with Gasteiger partial charge in [0.2, 0.25) is 11.2 Å². The third-order valence-corrected chi connectivity index (χ3v) is 6.67. The van der Waals surface area contributed by atoms with Crippen molar-refractivity contribution in [1.82, 2.24) is 0 Å². The molecule has 2 heterocycles. The van der Waals surface area contributed by atoms with Crippen molar-refractivity contribution in [2.45, 2.75) is 12.3 Å². The number of hydrogen-bond acceptors (Lipinski definition) is 9. The molecule has 1 aliphatic rings. The van der Waals surface area contributed by atoms with Gasteiger partial charge in [-0.25, -0.2) is 0 Å². The first-order chi connectivity index (χ1) is 18.4. The van der Waals surface area contributed by atoms with Crippen molar-refractivity contribution < 1.29 is 37.6 Å². The van der Waals surface area contributed by atoms with Gasteiger partial charge >= 0.3 is 5.97 Å². The number of carbonyl (C=O) groups is 1. The van der Waals surface area contributed by atoms with E-state index in [1.807, 2.05) is 0 Å². The van der Waals surface area contributed by atoms with Gasteiger partial charge in [0.15, 0.2) is 23.0 Å². The summed E-state index contributed by atoms with van der Waals surface area (Å²) in [4.78, 5) is 26.2. The zero-order valence-electron chi connectivity index (χ0n) is 21.6. The van der Waals surface area contributed by atoms with Gasteiger partial charge in [-0.3, -0.25) is 9.59 Å². The number of hydrogen-bond donors (Lipinski definition) is 0. The Bertz CT molecular complexity index is 1580. The molecule has 0 N–H and O–H groups in total. The minimum Gasteiger partial charge on any atom is -0.493 e. The van der Waals surface area contributed by atoms with Crippen LogP contribution < -0.4 is 33.8 Å². The Morgan fingerprint density at radius 3 is 2.08 bits per heavy atom. The van der Waals surface area contributed by atoms with Crippen LogP contribution >= 0.6 is 0 Å². The maximum atomic E-state index is 13.7. The molecule has 0 aliphatic carbocycles. The molecule has 0 bridgehead atoms. The number of fused-ring (bicyclic) bond motifs is 3. The minimum absolute atomic E-state index is 0.0336. The molecular weight excluding hydrogens is 492 g/mol. The fourth-order valence-corrected chi connectivity index (χ4v) is 4.85. The summed E-state index contributed by atoms with van der Waals surface area (Å²) in [5, 5.41) is 0.353. The predicted molar refractivity (Wildman–Crippen MR) is 139 cm³/mol. The van der Waals surface area contributed by atoms with Crippen LogP contribution in [0.3, 0.4) is 0 Å². The van der Waals surface area contributed by atoms with Crippen molar-refractivity contribution in [2.75, 3.05) is 35.5 Å². The summed E-state index contributed by atoms with van der Waals surface area (Å²) in [7, 11) is 7.64. The van der Waals surface area contributed by atoms with E-state index in [2.05, 4.69) is 0 Å². The second-order valence-corrected chi connectivity index (χ2v) is 8.59. The van der Waals surface area contributed by atoms with Crippen LogP contribution in [0.4, 0.5) is 0 Å². The van der Waals surface area contributed by atoms with Gasteiger partial charge in [0, 0.05) is 11.5 Å². The molecule has 1 atom stereocenters. The summed E-state index contributed by atoms with van der Waals surface area (Å²) < 4.78 is 38.8. The third kappa shape index (κ3) is 4.06. The quantitative estimate of drug-likeness (QED) is 0.248. The lowest BCUT2D eigenvalue weighted by atomic mass is 9.84. The number of benzene rings is 3. The highest BCUT2D eigenvalue weighted by atomic mass is 16.5. The highest BCUT2D eigenvalue weighted by molar-refractivity contribution is 5.90. The summed E-state index contributed by atoms with van der Waals surface area (Å²) in [5.41, 5.74) is 2.38. The summed E-state index contributed by atoms with van der Waals surface area (Å²) >= 11 is 0. The van der Waals surface area contributed by atoms with Crippen molar-refractivity contribution in [3.63, 3.8) is 0 Å². The lowest BCUT2D eigenvalue weighted by Gasteiger charge is -2.26. The van der Waals surface area contributed by atoms with Crippen LogP contribution in [0.25, 0.3) is 22.1 Å². The van der Waals surface area contributed by atoms with E-state index in [4.69, 9.17) is 32.8 Å². The first-order valence-corrected chi connectivity index (χ1v) is 11.7. The van der Waals surface area contributed by atoms with E-state index >= 15 is 0 Å². The first-order valence-electron chi connectivity index (χ1n) is 11.7. The fraction of sp³-hybridized carbons (Fsp3) is 0.241. The second-order valence-electron chi connectivity index (χ2n) is 8.59. The van der Waals surface area contributed by atoms with Crippen LogP contribution in [-0.4, -0.2) is 41.5 Å². The van der Waals surface area contributed by atoms with Gasteiger partial charge in [-0.1, -0.05) is 6.07 Å². The standard InChI is InChI=1S/C29H26O9/c1-32-20-8-6-15(10-22(20)33-2)19-14-37-28-17(27(19)31)7-9-21-26(28)18(13-25(30)38-21)16-11-23(34-3)29(36-5)24(12-16)35-4/h6-12,14,18H,13H2,1-5H3/t18-/m0/s1. The molecule has 0 saturated heterocycles. The maximum Gasteiger partial charge on any atom is 0.312 e. The maximum absolute atomic E-state index is 13.7. The number of methoxy groups -OCH3 is 5. The Morgan fingerprint density at radius 2 is 1.45 bits per heavy atom. The number of rotatable bonds is 7. The molecule has 1 aromatic heterocycles. The van der Waals surface area contributed by atoms with Crippen LogP contribution in [0.2, 0.25) is 0 Å². The molecule has 0 fully saturated rings. The molecule has 196 valence electrons. The zero-order chi connectivity index (χ0) is 27.0. The summed E-state index contributed by atoms with van der Waals surface area (Å²) in [5.74, 6) is 1.80. The Hall–Kier alpha value is -4.66. The molecule has 0 amide bonds. The highest BCUT2D eigenvalue weighted by Gasteiger charge is 2.33. The van der Waals surface area contributed by atoms with Crippen molar-refractivity contribution >= 4 is 16.9 Å². The molecule has 0 saturated carbocycles. The van der Waals surface area contributed by atoms with Gasteiger partial charge in [-0.05, 0) is 47.5 Å². The van der Waals surface area contributed by atoms with E-state index < -0.39 is 11.9 Å². The van der Waals surface area contributed by atoms with Crippen molar-refractivity contribution in [1.29, 1.82) is 0 Å². The molecule has 4 aromatic rings. The Balaban J connectivity index is 1.70. The molecule has 5 rings (SSSR count). The van der Waals surface area contributed by atoms with Crippen LogP contribution in [0.1, 0.15) is 23.5 Å². The molecule has 38 heavy (non-hydrogen) atoms. The summed E-state index contributed by atoms with van der Waals surface area (Å²) in [6.45, 7) is 0. The van der Waals surface area contributed by atoms with Crippen molar-refractivity contribution in [3.05, 3.63) is 70.1 Å². The molecular formula is C29H26O9. The topological polar surface area (TPSA) is 103 Å². The average Bonchev–Trinajstić information content (AvgIpc) is 2.95. The smallest absolute Gasteiger partial charge is 0.312 e. The molecule has 1 aliphatic heterocycles. The Kier molecular flexibility index (Phi) is 6.59. The number of esters is 1. The van der Waals surface area contributed by atoms with Crippen LogP contribution in [0.5, 0.6) is 34.5 Å². The summed E-state index contributed by atoms with van der Waals surface area (Å²) in [6, 6.07) is 12.0. The van der Waals surface area contributed by atoms with E-state index in [1.54, 1.807) is 49.6 Å². The van der Waals surface area contributed by atoms with E-state index in [1.165, 1.54) is 34.7 Å². The van der Waals surface area contributed by atoms with Crippen LogP contribution in [-0.2, 0) is 4.79 Å². The minimum atomic E-state index is -0.487. The second kappa shape index (κ2) is 10.0. The van der Waals surface area contributed by atoms with Crippen LogP contribution in [0, 0.1) is 0 Å². The SMILES string of the molecule is COc1ccc(-c2coc3c4c(ccc3c2=O)OC(=O)C[C@H]4c2cc(OC)c(OC)c(OC)c2)cc1OC. The van der Waals surface area contributed by atoms with Crippen LogP contribution in [0.15, 0.2) is 57.9 Å². The van der Waals surface area contributed by atoms with Gasteiger partial charge in [0.1, 0.15) is 17.6 Å². The van der Waals surface area contributed by atoms with Crippen molar-refractivity contribution in [3.8, 4) is 45.6 Å². The van der Waals surface area contributed by atoms with E-state index in [0.717, 1.165) is 5.56 Å². The van der Waals surface area contributed by atoms with Gasteiger partial charge < -0.3 is 32.8 Å². The lowest BCUT2D eigenvalue weighted by Crippen LogP contribution is -2.22. The molecule has 9 nitrogen and oxygen atoms in total. The number of ether oxygens (including phenoxy) is 6. The fourth-order valence-electron chi connectivity index (χ4n) is 4.85. The van der Waals surface area contributed by atoms with Crippen molar-refractivity contribution in [2.24, 2.45) is 0 Å². The molecule has 0 spiro atoms. The van der Waals surface area contributed by atoms with Gasteiger partial charge in [-0.15, -0.1) is 0 Å². The largest absolute Gasteiger partial charge is 0.493 e. The molecule has 9 heteroatoms. The van der Waals surface area contributed by atoms with E-state index in [0.29, 0.717) is 62.2 Å². The van der Waals surface area contributed by atoms with Gasteiger partial charge in [0.05, 0.1) is 52.9 Å². The monoisotopic (exact) mass is 518 g/mol. The summed E-state index contributed by atoms with van der Waals surface area (Å²) in [6.07, 6.45) is 1.45. The van der Waals surface area contributed by atoms with Gasteiger partial charge in [-0.2, -0.15) is 0 Å². The van der Waals surface area contributed by atoms with Gasteiger partial charge in [0.25, 0.3) is 0 Å².